The normalized spacial score (nSPS) is 10.7. The quantitative estimate of drug-likeness (QED) is 0.771. The van der Waals surface area contributed by atoms with Crippen molar-refractivity contribution in [2.45, 2.75) is 6.92 Å². The molecular weight excluding hydrogens is 296 g/mol. The molecule has 1 heterocycles. The Balaban J connectivity index is 1.99. The van der Waals surface area contributed by atoms with Gasteiger partial charge in [-0.15, -0.1) is 0 Å². The average Bonchev–Trinajstić information content (AvgIpc) is 2.54. The molecule has 4 heteroatoms. The van der Waals surface area contributed by atoms with E-state index in [4.69, 9.17) is 0 Å². The number of anilines is 4. The lowest BCUT2D eigenvalue weighted by Crippen LogP contribution is -2.08. The van der Waals surface area contributed by atoms with Crippen LogP contribution in [0.15, 0.2) is 48.5 Å². The summed E-state index contributed by atoms with van der Waals surface area (Å²) >= 11 is 0. The molecule has 0 radical (unpaired) electrons. The number of benzene rings is 2. The second-order valence-electron chi connectivity index (χ2n) is 6.47. The zero-order valence-corrected chi connectivity index (χ0v) is 15.0. The highest BCUT2D eigenvalue weighted by atomic mass is 15.1. The summed E-state index contributed by atoms with van der Waals surface area (Å²) in [4.78, 5) is 8.87. The summed E-state index contributed by atoms with van der Waals surface area (Å²) in [5.74, 6) is 0. The highest BCUT2D eigenvalue weighted by molar-refractivity contribution is 5.95. The van der Waals surface area contributed by atoms with E-state index < -0.39 is 0 Å². The topological polar surface area (TPSA) is 31.4 Å². The number of pyridine rings is 1. The van der Waals surface area contributed by atoms with E-state index in [0.29, 0.717) is 0 Å². The first-order valence-electron chi connectivity index (χ1n) is 8.07. The largest absolute Gasteiger partial charge is 0.378 e. The maximum absolute atomic E-state index is 4.68. The van der Waals surface area contributed by atoms with Crippen molar-refractivity contribution in [2.75, 3.05) is 43.3 Å². The van der Waals surface area contributed by atoms with Gasteiger partial charge in [-0.3, -0.25) is 4.98 Å². The van der Waals surface area contributed by atoms with Crippen LogP contribution >= 0.6 is 0 Å². The summed E-state index contributed by atoms with van der Waals surface area (Å²) < 4.78 is 0. The van der Waals surface area contributed by atoms with E-state index in [2.05, 4.69) is 68.6 Å². The number of rotatable bonds is 4. The highest BCUT2D eigenvalue weighted by Gasteiger charge is 2.07. The van der Waals surface area contributed by atoms with Crippen LogP contribution in [0.3, 0.4) is 0 Å². The van der Waals surface area contributed by atoms with Crippen LogP contribution in [0, 0.1) is 6.92 Å². The second-order valence-corrected chi connectivity index (χ2v) is 6.47. The predicted molar refractivity (Wildman–Crippen MR) is 105 cm³/mol. The van der Waals surface area contributed by atoms with E-state index >= 15 is 0 Å². The Bertz CT molecular complexity index is 851. The second kappa shape index (κ2) is 6.40. The Morgan fingerprint density at radius 3 is 2.04 bits per heavy atom. The molecule has 0 saturated carbocycles. The lowest BCUT2D eigenvalue weighted by molar-refractivity contribution is 1.13. The van der Waals surface area contributed by atoms with Gasteiger partial charge in [0.2, 0.25) is 0 Å². The van der Waals surface area contributed by atoms with Gasteiger partial charge >= 0.3 is 0 Å². The molecule has 0 bridgehead atoms. The van der Waals surface area contributed by atoms with E-state index in [9.17, 15) is 0 Å². The van der Waals surface area contributed by atoms with E-state index in [1.54, 1.807) is 0 Å². The minimum atomic E-state index is 1.01. The third-order valence-electron chi connectivity index (χ3n) is 4.10. The molecule has 3 rings (SSSR count). The third-order valence-corrected chi connectivity index (χ3v) is 4.10. The molecule has 0 atom stereocenters. The Morgan fingerprint density at radius 1 is 0.792 bits per heavy atom. The van der Waals surface area contributed by atoms with Crippen molar-refractivity contribution in [1.82, 2.24) is 4.98 Å². The number of nitrogens with zero attached hydrogens (tertiary/aromatic N) is 3. The first-order valence-corrected chi connectivity index (χ1v) is 8.07. The van der Waals surface area contributed by atoms with Crippen LogP contribution in [0.5, 0.6) is 0 Å². The van der Waals surface area contributed by atoms with Gasteiger partial charge < -0.3 is 15.1 Å². The molecule has 0 fully saturated rings. The summed E-state index contributed by atoms with van der Waals surface area (Å²) in [7, 11) is 8.18. The van der Waals surface area contributed by atoms with Crippen LogP contribution < -0.4 is 15.1 Å². The molecule has 0 aliphatic carbocycles. The fraction of sp³-hybridized carbons (Fsp3) is 0.250. The molecule has 0 aliphatic heterocycles. The average molecular weight is 320 g/mol. The zero-order valence-electron chi connectivity index (χ0n) is 15.0. The number of aromatic nitrogens is 1. The van der Waals surface area contributed by atoms with Crippen molar-refractivity contribution in [1.29, 1.82) is 0 Å². The van der Waals surface area contributed by atoms with E-state index in [0.717, 1.165) is 33.7 Å². The Labute approximate surface area is 143 Å². The summed E-state index contributed by atoms with van der Waals surface area (Å²) in [5.41, 5.74) is 6.51. The molecule has 3 aromatic rings. The Morgan fingerprint density at radius 2 is 1.42 bits per heavy atom. The number of nitrogens with one attached hydrogen (secondary N) is 1. The van der Waals surface area contributed by atoms with E-state index in [1.807, 2.05) is 35.1 Å². The standard InChI is InChI=1S/C20H24N4/c1-14-12-19(22-15-6-8-16(9-7-15)23(2)3)18-11-10-17(24(4)5)13-20(18)21-14/h6-13H,1-5H3,(H,21,22). The van der Waals surface area contributed by atoms with Crippen molar-refractivity contribution in [2.24, 2.45) is 0 Å². The third kappa shape index (κ3) is 3.27. The molecular formula is C20H24N4. The Hall–Kier alpha value is -2.75. The van der Waals surface area contributed by atoms with Crippen LogP contribution in [0.25, 0.3) is 10.9 Å². The molecule has 0 amide bonds. The number of aryl methyl sites for hydroxylation is 1. The molecule has 0 spiro atoms. The minimum absolute atomic E-state index is 1.01. The SMILES string of the molecule is Cc1cc(Nc2ccc(N(C)C)cc2)c2ccc(N(C)C)cc2n1. The van der Waals surface area contributed by atoms with Gasteiger partial charge in [-0.25, -0.2) is 0 Å². The summed E-state index contributed by atoms with van der Waals surface area (Å²) in [6, 6.07) is 16.9. The van der Waals surface area contributed by atoms with E-state index in [1.165, 1.54) is 5.69 Å². The number of fused-ring (bicyclic) bond motifs is 1. The molecule has 0 saturated heterocycles. The lowest BCUT2D eigenvalue weighted by atomic mass is 10.1. The van der Waals surface area contributed by atoms with Crippen LogP contribution in [0.2, 0.25) is 0 Å². The van der Waals surface area contributed by atoms with Gasteiger partial charge in [0.1, 0.15) is 0 Å². The van der Waals surface area contributed by atoms with Gasteiger partial charge in [-0.1, -0.05) is 0 Å². The summed E-state index contributed by atoms with van der Waals surface area (Å²) in [5, 5.41) is 4.66. The van der Waals surface area contributed by atoms with Crippen LogP contribution in [0.4, 0.5) is 22.7 Å². The van der Waals surface area contributed by atoms with Gasteiger partial charge in [0, 0.05) is 62.0 Å². The molecule has 2 aromatic carbocycles. The number of hydrogen-bond acceptors (Lipinski definition) is 4. The zero-order chi connectivity index (χ0) is 17.3. The fourth-order valence-corrected chi connectivity index (χ4v) is 2.73. The Kier molecular flexibility index (Phi) is 4.30. The molecule has 124 valence electrons. The van der Waals surface area contributed by atoms with Gasteiger partial charge in [-0.2, -0.15) is 0 Å². The minimum Gasteiger partial charge on any atom is -0.378 e. The van der Waals surface area contributed by atoms with Gasteiger partial charge in [0.05, 0.1) is 5.52 Å². The van der Waals surface area contributed by atoms with Crippen molar-refractivity contribution in [3.8, 4) is 0 Å². The molecule has 0 unspecified atom stereocenters. The predicted octanol–water partition coefficient (Wildman–Crippen LogP) is 4.42. The van der Waals surface area contributed by atoms with Crippen LogP contribution in [0.1, 0.15) is 5.69 Å². The molecule has 24 heavy (non-hydrogen) atoms. The molecule has 4 nitrogen and oxygen atoms in total. The monoisotopic (exact) mass is 320 g/mol. The van der Waals surface area contributed by atoms with Crippen molar-refractivity contribution in [3.63, 3.8) is 0 Å². The maximum Gasteiger partial charge on any atom is 0.0746 e. The maximum atomic E-state index is 4.68. The summed E-state index contributed by atoms with van der Waals surface area (Å²) in [6.45, 7) is 2.03. The van der Waals surface area contributed by atoms with Gasteiger partial charge in [0.15, 0.2) is 0 Å². The molecule has 1 N–H and O–H groups in total. The fourth-order valence-electron chi connectivity index (χ4n) is 2.73. The lowest BCUT2D eigenvalue weighted by Gasteiger charge is -2.16. The molecule has 0 aliphatic rings. The summed E-state index contributed by atoms with van der Waals surface area (Å²) in [6.07, 6.45) is 0. The number of hydrogen-bond donors (Lipinski definition) is 1. The van der Waals surface area contributed by atoms with Gasteiger partial charge in [0.25, 0.3) is 0 Å². The first-order chi connectivity index (χ1) is 11.4. The smallest absolute Gasteiger partial charge is 0.0746 e. The van der Waals surface area contributed by atoms with Crippen LogP contribution in [-0.2, 0) is 0 Å². The van der Waals surface area contributed by atoms with Crippen molar-refractivity contribution >= 4 is 33.7 Å². The van der Waals surface area contributed by atoms with E-state index in [-0.39, 0.29) is 0 Å². The van der Waals surface area contributed by atoms with Crippen molar-refractivity contribution < 1.29 is 0 Å². The van der Waals surface area contributed by atoms with Crippen LogP contribution in [-0.4, -0.2) is 33.2 Å². The van der Waals surface area contributed by atoms with Gasteiger partial charge in [-0.05, 0) is 55.5 Å². The first kappa shape index (κ1) is 16.1. The highest BCUT2D eigenvalue weighted by Crippen LogP contribution is 2.29. The molecule has 1 aromatic heterocycles. The van der Waals surface area contributed by atoms with Crippen molar-refractivity contribution in [3.05, 3.63) is 54.2 Å².